The van der Waals surface area contributed by atoms with Crippen LogP contribution in [0.3, 0.4) is 0 Å². The average Bonchev–Trinajstić information content (AvgIpc) is 3.25. The summed E-state index contributed by atoms with van der Waals surface area (Å²) in [4.78, 5) is 31.3. The van der Waals surface area contributed by atoms with Gasteiger partial charge in [-0.3, -0.25) is 4.90 Å². The number of imidazole rings is 1. The van der Waals surface area contributed by atoms with Crippen LogP contribution in [0.1, 0.15) is 37.7 Å². The largest absolute Gasteiger partial charge is 0.371 e. The molecular weight excluding hydrogens is 454 g/mol. The minimum atomic E-state index is -0.204. The Bertz CT molecular complexity index is 1200. The van der Waals surface area contributed by atoms with Gasteiger partial charge < -0.3 is 20.9 Å². The van der Waals surface area contributed by atoms with Crippen molar-refractivity contribution in [2.24, 2.45) is 5.92 Å². The van der Waals surface area contributed by atoms with Gasteiger partial charge in [0.25, 0.3) is 0 Å². The molecule has 0 radical (unpaired) electrons. The third kappa shape index (κ3) is 5.60. The van der Waals surface area contributed by atoms with Crippen LogP contribution >= 0.6 is 0 Å². The van der Waals surface area contributed by atoms with Crippen LogP contribution in [-0.4, -0.2) is 82.2 Å². The van der Waals surface area contributed by atoms with Gasteiger partial charge in [-0.15, -0.1) is 0 Å². The fourth-order valence-corrected chi connectivity index (χ4v) is 5.17. The molecule has 5 rings (SSSR count). The molecule has 3 heterocycles. The van der Waals surface area contributed by atoms with E-state index in [2.05, 4.69) is 73.0 Å². The summed E-state index contributed by atoms with van der Waals surface area (Å²) in [6.45, 7) is 4.34. The SMILES string of the molecule is CNc1nc(Nc2cccc(CN3CCCC(CN(C)C)C3)c2)nc2c1ncn2C(=O)NC1CCC1. The molecule has 1 aromatic carbocycles. The lowest BCUT2D eigenvalue weighted by Gasteiger charge is -2.34. The van der Waals surface area contributed by atoms with Crippen LogP contribution < -0.4 is 16.0 Å². The number of anilines is 3. The van der Waals surface area contributed by atoms with E-state index >= 15 is 0 Å². The zero-order valence-corrected chi connectivity index (χ0v) is 21.5. The van der Waals surface area contributed by atoms with Crippen LogP contribution in [0.25, 0.3) is 11.2 Å². The van der Waals surface area contributed by atoms with E-state index in [0.717, 1.165) is 57.0 Å². The summed E-state index contributed by atoms with van der Waals surface area (Å²) in [5.74, 6) is 1.72. The number of carbonyl (C=O) groups is 1. The van der Waals surface area contributed by atoms with Crippen molar-refractivity contribution in [2.75, 3.05) is 51.4 Å². The second-order valence-electron chi connectivity index (χ2n) is 10.3. The molecule has 2 fully saturated rings. The Balaban J connectivity index is 1.32. The van der Waals surface area contributed by atoms with Gasteiger partial charge in [-0.25, -0.2) is 14.3 Å². The summed E-state index contributed by atoms with van der Waals surface area (Å²) < 4.78 is 1.47. The monoisotopic (exact) mass is 491 g/mol. The first-order chi connectivity index (χ1) is 17.5. The first-order valence-corrected chi connectivity index (χ1v) is 12.9. The number of hydrogen-bond acceptors (Lipinski definition) is 8. The molecule has 0 bridgehead atoms. The van der Waals surface area contributed by atoms with E-state index in [9.17, 15) is 4.79 Å². The molecule has 1 atom stereocenters. The number of benzene rings is 1. The lowest BCUT2D eigenvalue weighted by Crippen LogP contribution is -2.41. The normalized spacial score (nSPS) is 18.8. The number of amides is 1. The van der Waals surface area contributed by atoms with Gasteiger partial charge in [-0.1, -0.05) is 12.1 Å². The van der Waals surface area contributed by atoms with Gasteiger partial charge in [0, 0.05) is 38.4 Å². The van der Waals surface area contributed by atoms with Crippen molar-refractivity contribution in [2.45, 2.75) is 44.7 Å². The molecule has 10 heteroatoms. The molecule has 10 nitrogen and oxygen atoms in total. The van der Waals surface area contributed by atoms with Crippen LogP contribution in [0.5, 0.6) is 0 Å². The van der Waals surface area contributed by atoms with Gasteiger partial charge in [0.05, 0.1) is 0 Å². The van der Waals surface area contributed by atoms with Crippen LogP contribution in [0.2, 0.25) is 0 Å². The van der Waals surface area contributed by atoms with E-state index in [-0.39, 0.29) is 12.1 Å². The van der Waals surface area contributed by atoms with E-state index in [1.54, 1.807) is 7.05 Å². The maximum absolute atomic E-state index is 12.8. The molecule has 36 heavy (non-hydrogen) atoms. The van der Waals surface area contributed by atoms with Gasteiger partial charge in [-0.05, 0) is 76.4 Å². The molecule has 2 aliphatic rings. The average molecular weight is 492 g/mol. The lowest BCUT2D eigenvalue weighted by molar-refractivity contribution is 0.145. The zero-order chi connectivity index (χ0) is 25.1. The Morgan fingerprint density at radius 2 is 2.03 bits per heavy atom. The molecule has 1 aliphatic carbocycles. The molecular formula is C26H37N9O. The van der Waals surface area contributed by atoms with Crippen LogP contribution in [0.4, 0.5) is 22.2 Å². The Labute approximate surface area is 212 Å². The Hall–Kier alpha value is -3.24. The highest BCUT2D eigenvalue weighted by Gasteiger charge is 2.23. The fraction of sp³-hybridized carbons (Fsp3) is 0.538. The highest BCUT2D eigenvalue weighted by atomic mass is 16.2. The second-order valence-corrected chi connectivity index (χ2v) is 10.3. The first kappa shape index (κ1) is 24.5. The second kappa shape index (κ2) is 10.8. The van der Waals surface area contributed by atoms with Gasteiger partial charge >= 0.3 is 6.03 Å². The number of aromatic nitrogens is 4. The number of rotatable bonds is 8. The molecule has 1 unspecified atom stereocenters. The maximum atomic E-state index is 12.8. The number of nitrogens with zero attached hydrogens (tertiary/aromatic N) is 6. The Morgan fingerprint density at radius 1 is 1.17 bits per heavy atom. The molecule has 1 amide bonds. The molecule has 1 saturated heterocycles. The standard InChI is InChI=1S/C26H37N9O/c1-27-23-22-24(35(17-28-22)26(36)30-20-9-5-10-20)32-25(31-23)29-21-11-4-7-18(13-21)15-34-12-6-8-19(16-34)14-33(2)3/h4,7,11,13,17,19-20H,5-6,8-10,12,14-16H2,1-3H3,(H,30,36)(H2,27,29,31,32). The molecule has 2 aromatic heterocycles. The smallest absolute Gasteiger partial charge is 0.328 e. The molecule has 192 valence electrons. The predicted octanol–water partition coefficient (Wildman–Crippen LogP) is 3.50. The van der Waals surface area contributed by atoms with Gasteiger partial charge in [-0.2, -0.15) is 9.97 Å². The molecule has 1 aliphatic heterocycles. The summed E-state index contributed by atoms with van der Waals surface area (Å²) >= 11 is 0. The van der Waals surface area contributed by atoms with Crippen molar-refractivity contribution in [3.05, 3.63) is 36.2 Å². The summed E-state index contributed by atoms with van der Waals surface area (Å²) in [7, 11) is 6.10. The lowest BCUT2D eigenvalue weighted by atomic mass is 9.93. The third-order valence-corrected chi connectivity index (χ3v) is 7.10. The summed E-state index contributed by atoms with van der Waals surface area (Å²) in [6.07, 6.45) is 7.26. The number of hydrogen-bond donors (Lipinski definition) is 3. The summed E-state index contributed by atoms with van der Waals surface area (Å²) in [6, 6.07) is 8.44. The van der Waals surface area contributed by atoms with Gasteiger partial charge in [0.2, 0.25) is 5.95 Å². The number of piperidine rings is 1. The Morgan fingerprint density at radius 3 is 2.78 bits per heavy atom. The summed E-state index contributed by atoms with van der Waals surface area (Å²) in [5.41, 5.74) is 3.22. The molecule has 3 aromatic rings. The van der Waals surface area contributed by atoms with Crippen LogP contribution in [0, 0.1) is 5.92 Å². The molecule has 3 N–H and O–H groups in total. The fourth-order valence-electron chi connectivity index (χ4n) is 5.17. The van der Waals surface area contributed by atoms with Crippen molar-refractivity contribution in [1.82, 2.24) is 34.6 Å². The van der Waals surface area contributed by atoms with Crippen LogP contribution in [-0.2, 0) is 6.54 Å². The van der Waals surface area contributed by atoms with Gasteiger partial charge in [0.15, 0.2) is 17.0 Å². The Kier molecular flexibility index (Phi) is 7.33. The van der Waals surface area contributed by atoms with Crippen LogP contribution in [0.15, 0.2) is 30.6 Å². The quantitative estimate of drug-likeness (QED) is 0.440. The summed E-state index contributed by atoms with van der Waals surface area (Å²) in [5, 5.41) is 9.48. The van der Waals surface area contributed by atoms with Gasteiger partial charge in [0.1, 0.15) is 6.33 Å². The van der Waals surface area contributed by atoms with Crippen molar-refractivity contribution in [3.8, 4) is 0 Å². The first-order valence-electron chi connectivity index (χ1n) is 12.9. The molecule has 1 saturated carbocycles. The van der Waals surface area contributed by atoms with Crippen molar-refractivity contribution < 1.29 is 4.79 Å². The van der Waals surface area contributed by atoms with E-state index in [1.807, 2.05) is 6.07 Å². The highest BCUT2D eigenvalue weighted by molar-refractivity contribution is 5.92. The zero-order valence-electron chi connectivity index (χ0n) is 21.5. The van der Waals surface area contributed by atoms with Crippen molar-refractivity contribution in [1.29, 1.82) is 0 Å². The van der Waals surface area contributed by atoms with E-state index in [4.69, 9.17) is 0 Å². The van der Waals surface area contributed by atoms with E-state index in [1.165, 1.54) is 29.3 Å². The van der Waals surface area contributed by atoms with E-state index in [0.29, 0.717) is 22.9 Å². The third-order valence-electron chi connectivity index (χ3n) is 7.10. The van der Waals surface area contributed by atoms with Crippen molar-refractivity contribution in [3.63, 3.8) is 0 Å². The maximum Gasteiger partial charge on any atom is 0.328 e. The minimum absolute atomic E-state index is 0.204. The minimum Gasteiger partial charge on any atom is -0.371 e. The highest BCUT2D eigenvalue weighted by Crippen LogP contribution is 2.25. The van der Waals surface area contributed by atoms with E-state index < -0.39 is 0 Å². The number of nitrogens with one attached hydrogen (secondary N) is 3. The molecule has 0 spiro atoms. The predicted molar refractivity (Wildman–Crippen MR) is 143 cm³/mol. The topological polar surface area (TPSA) is 103 Å². The van der Waals surface area contributed by atoms with Crippen molar-refractivity contribution >= 4 is 34.6 Å². The number of fused-ring (bicyclic) bond motifs is 1. The number of likely N-dealkylation sites (tertiary alicyclic amines) is 1. The number of carbonyl (C=O) groups excluding carboxylic acids is 1.